The molecule has 228 valence electrons. The van der Waals surface area contributed by atoms with Crippen molar-refractivity contribution in [3.05, 3.63) is 83.9 Å². The lowest BCUT2D eigenvalue weighted by molar-refractivity contribution is 0.0174. The summed E-state index contributed by atoms with van der Waals surface area (Å²) in [6.45, 7) is 4.12. The number of anilines is 3. The predicted molar refractivity (Wildman–Crippen MR) is 159 cm³/mol. The van der Waals surface area contributed by atoms with Crippen LogP contribution in [0.25, 0.3) is 0 Å². The van der Waals surface area contributed by atoms with Gasteiger partial charge >= 0.3 is 12.1 Å². The van der Waals surface area contributed by atoms with E-state index in [-0.39, 0.29) is 54.2 Å². The minimum Gasteiger partial charge on any atom is -0.491 e. The number of hydrogen-bond acceptors (Lipinski definition) is 5. The highest BCUT2D eigenvalue weighted by molar-refractivity contribution is 6.01. The molecule has 10 nitrogen and oxygen atoms in total. The number of likely N-dealkylation sites (N-methyl/N-ethyl adjacent to an activating group) is 1. The van der Waals surface area contributed by atoms with Gasteiger partial charge in [0.15, 0.2) is 0 Å². The number of amides is 5. The molecule has 0 radical (unpaired) electrons. The predicted octanol–water partition coefficient (Wildman–Crippen LogP) is 5.65. The van der Waals surface area contributed by atoms with E-state index in [2.05, 4.69) is 16.0 Å². The molecule has 3 atom stereocenters. The van der Waals surface area contributed by atoms with Crippen molar-refractivity contribution in [3.8, 4) is 5.75 Å². The van der Waals surface area contributed by atoms with Gasteiger partial charge in [0.2, 0.25) is 0 Å². The van der Waals surface area contributed by atoms with Crippen molar-refractivity contribution in [1.82, 2.24) is 9.80 Å². The van der Waals surface area contributed by atoms with Crippen LogP contribution in [-0.4, -0.2) is 73.8 Å². The number of methoxy groups -OCH3 is 1. The highest BCUT2D eigenvalue weighted by atomic mass is 19.1. The van der Waals surface area contributed by atoms with Crippen molar-refractivity contribution >= 4 is 35.0 Å². The van der Waals surface area contributed by atoms with Crippen molar-refractivity contribution in [1.29, 1.82) is 0 Å². The van der Waals surface area contributed by atoms with E-state index in [1.54, 1.807) is 33.2 Å². The molecule has 0 saturated heterocycles. The van der Waals surface area contributed by atoms with E-state index in [9.17, 15) is 23.2 Å². The van der Waals surface area contributed by atoms with E-state index in [0.29, 0.717) is 5.69 Å². The van der Waals surface area contributed by atoms with Gasteiger partial charge in [0, 0.05) is 44.9 Å². The summed E-state index contributed by atoms with van der Waals surface area (Å²) in [6.07, 6.45) is -0.420. The highest BCUT2D eigenvalue weighted by Crippen LogP contribution is 2.27. The fourth-order valence-corrected chi connectivity index (χ4v) is 4.73. The molecule has 3 N–H and O–H groups in total. The third kappa shape index (κ3) is 7.77. The number of ether oxygens (including phenoxy) is 2. The summed E-state index contributed by atoms with van der Waals surface area (Å²) >= 11 is 0. The van der Waals surface area contributed by atoms with Gasteiger partial charge in [0.25, 0.3) is 5.91 Å². The number of nitrogens with one attached hydrogen (secondary N) is 3. The molecule has 1 aliphatic heterocycles. The minimum absolute atomic E-state index is 0.00357. The highest BCUT2D eigenvalue weighted by Gasteiger charge is 2.31. The summed E-state index contributed by atoms with van der Waals surface area (Å²) in [6, 6.07) is 14.4. The van der Waals surface area contributed by atoms with Crippen LogP contribution in [-0.2, 0) is 4.74 Å². The Morgan fingerprint density at radius 2 is 1.53 bits per heavy atom. The van der Waals surface area contributed by atoms with E-state index in [4.69, 9.17) is 9.47 Å². The van der Waals surface area contributed by atoms with Crippen molar-refractivity contribution in [2.24, 2.45) is 5.92 Å². The number of urea groups is 2. The summed E-state index contributed by atoms with van der Waals surface area (Å²) in [5.74, 6) is -1.51. The largest absolute Gasteiger partial charge is 0.491 e. The van der Waals surface area contributed by atoms with Crippen LogP contribution in [0.15, 0.2) is 66.7 Å². The smallest absolute Gasteiger partial charge is 0.323 e. The third-order valence-electron chi connectivity index (χ3n) is 7.20. The van der Waals surface area contributed by atoms with Gasteiger partial charge in [0.1, 0.15) is 24.0 Å². The second-order valence-corrected chi connectivity index (χ2v) is 10.4. The van der Waals surface area contributed by atoms with Gasteiger partial charge in [-0.2, -0.15) is 0 Å². The maximum absolute atomic E-state index is 14.3. The molecule has 4 rings (SSSR count). The van der Waals surface area contributed by atoms with E-state index in [1.807, 2.05) is 6.92 Å². The molecule has 1 heterocycles. The molecule has 43 heavy (non-hydrogen) atoms. The van der Waals surface area contributed by atoms with Gasteiger partial charge in [-0.15, -0.1) is 0 Å². The second-order valence-electron chi connectivity index (χ2n) is 10.4. The fraction of sp³-hybridized carbons (Fsp3) is 0.323. The van der Waals surface area contributed by atoms with Gasteiger partial charge in [-0.05, 0) is 43.3 Å². The number of rotatable bonds is 4. The van der Waals surface area contributed by atoms with Gasteiger partial charge in [-0.1, -0.05) is 31.2 Å². The quantitative estimate of drug-likeness (QED) is 0.361. The molecule has 12 heteroatoms. The van der Waals surface area contributed by atoms with Crippen molar-refractivity contribution in [2.75, 3.05) is 49.8 Å². The number of halogens is 2. The number of para-hydroxylation sites is 2. The first-order valence-electron chi connectivity index (χ1n) is 13.8. The first kappa shape index (κ1) is 31.2. The second kappa shape index (κ2) is 14.0. The lowest BCUT2D eigenvalue weighted by Crippen LogP contribution is -2.50. The average molecular weight is 596 g/mol. The average Bonchev–Trinajstić information content (AvgIpc) is 2.98. The zero-order valence-electron chi connectivity index (χ0n) is 24.4. The van der Waals surface area contributed by atoms with E-state index >= 15 is 0 Å². The lowest BCUT2D eigenvalue weighted by atomic mass is 10.0. The van der Waals surface area contributed by atoms with Crippen LogP contribution in [0, 0.1) is 17.6 Å². The SMILES string of the molecule is CO[C@@H]1CN(C)C(=O)c2ccc(NC(=O)Nc3ccccc3F)cc2OC[C@@H](C)N(C(=O)Nc2ccccc2F)C[C@H]1C. The summed E-state index contributed by atoms with van der Waals surface area (Å²) < 4.78 is 40.1. The Balaban J connectivity index is 1.60. The Morgan fingerprint density at radius 1 is 0.907 bits per heavy atom. The molecule has 0 fully saturated rings. The number of benzene rings is 3. The summed E-state index contributed by atoms with van der Waals surface area (Å²) in [4.78, 5) is 42.5. The monoisotopic (exact) mass is 595 g/mol. The lowest BCUT2D eigenvalue weighted by Gasteiger charge is -2.36. The van der Waals surface area contributed by atoms with Gasteiger partial charge in [-0.25, -0.2) is 18.4 Å². The minimum atomic E-state index is -0.692. The molecule has 0 aliphatic carbocycles. The Bertz CT molecular complexity index is 1470. The van der Waals surface area contributed by atoms with Crippen molar-refractivity contribution < 1.29 is 32.6 Å². The van der Waals surface area contributed by atoms with Crippen LogP contribution in [0.4, 0.5) is 35.4 Å². The summed E-state index contributed by atoms with van der Waals surface area (Å²) in [5, 5.41) is 7.70. The van der Waals surface area contributed by atoms with E-state index in [0.717, 1.165) is 0 Å². The molecule has 0 aromatic heterocycles. The Hall–Kier alpha value is -4.71. The van der Waals surface area contributed by atoms with Crippen LogP contribution in [0.2, 0.25) is 0 Å². The number of carbonyl (C=O) groups is 3. The fourth-order valence-electron chi connectivity index (χ4n) is 4.73. The van der Waals surface area contributed by atoms with Crippen LogP contribution in [0.5, 0.6) is 5.75 Å². The Morgan fingerprint density at radius 3 is 2.16 bits per heavy atom. The maximum atomic E-state index is 14.3. The Kier molecular flexibility index (Phi) is 10.1. The van der Waals surface area contributed by atoms with Crippen LogP contribution in [0.1, 0.15) is 24.2 Å². The number of carbonyl (C=O) groups excluding carboxylic acids is 3. The molecule has 1 aliphatic rings. The zero-order valence-corrected chi connectivity index (χ0v) is 24.4. The van der Waals surface area contributed by atoms with Crippen LogP contribution < -0.4 is 20.7 Å². The third-order valence-corrected chi connectivity index (χ3v) is 7.20. The normalized spacial score (nSPS) is 19.3. The molecule has 5 amide bonds. The van der Waals surface area contributed by atoms with Gasteiger partial charge in [-0.3, -0.25) is 4.79 Å². The Labute approximate surface area is 248 Å². The maximum Gasteiger partial charge on any atom is 0.323 e. The first-order chi connectivity index (χ1) is 20.6. The van der Waals surface area contributed by atoms with Crippen LogP contribution >= 0.6 is 0 Å². The molecular formula is C31H35F2N5O5. The first-order valence-corrected chi connectivity index (χ1v) is 13.8. The van der Waals surface area contributed by atoms with Crippen molar-refractivity contribution in [2.45, 2.75) is 26.0 Å². The molecule has 3 aromatic rings. The van der Waals surface area contributed by atoms with Crippen molar-refractivity contribution in [3.63, 3.8) is 0 Å². The standard InChI is InChI=1S/C31H35F2N5O5/c1-19-16-38(31(41)36-26-12-8-6-10-24(26)33)20(2)18-43-27-15-21(34-30(40)35-25-11-7-5-9-23(25)32)13-14-22(27)29(39)37(3)17-28(19)42-4/h5-15,19-20,28H,16-18H2,1-4H3,(H,36,41)(H2,34,35,40)/t19-,20-,28-/m1/s1. The van der Waals surface area contributed by atoms with Gasteiger partial charge in [0.05, 0.1) is 29.1 Å². The van der Waals surface area contributed by atoms with Crippen LogP contribution in [0.3, 0.4) is 0 Å². The number of fused-ring (bicyclic) bond motifs is 1. The molecular weight excluding hydrogens is 560 g/mol. The molecule has 0 saturated carbocycles. The van der Waals surface area contributed by atoms with E-state index in [1.165, 1.54) is 64.4 Å². The number of hydrogen-bond donors (Lipinski definition) is 3. The molecule has 0 unspecified atom stereocenters. The van der Waals surface area contributed by atoms with E-state index < -0.39 is 35.8 Å². The van der Waals surface area contributed by atoms with Gasteiger partial charge < -0.3 is 35.2 Å². The summed E-state index contributed by atoms with van der Waals surface area (Å²) in [5.41, 5.74) is 0.576. The molecule has 3 aromatic carbocycles. The number of nitrogens with zero attached hydrogens (tertiary/aromatic N) is 2. The molecule has 0 bridgehead atoms. The molecule has 0 spiro atoms. The topological polar surface area (TPSA) is 112 Å². The summed E-state index contributed by atoms with van der Waals surface area (Å²) in [7, 11) is 3.18. The zero-order chi connectivity index (χ0) is 31.1.